The third-order valence-electron chi connectivity index (χ3n) is 4.20. The summed E-state index contributed by atoms with van der Waals surface area (Å²) in [6.45, 7) is 0. The first-order valence-corrected chi connectivity index (χ1v) is 7.22. The van der Waals surface area contributed by atoms with Crippen molar-refractivity contribution < 1.29 is 4.42 Å². The van der Waals surface area contributed by atoms with Gasteiger partial charge in [0, 0.05) is 16.8 Å². The van der Waals surface area contributed by atoms with Gasteiger partial charge in [0.25, 0.3) is 5.56 Å². The number of aromatic nitrogens is 2. The minimum absolute atomic E-state index is 0.180. The maximum Gasteiger partial charge on any atom is 0.347 e. The maximum atomic E-state index is 12.6. The number of nitrogens with one attached hydrogen (secondary N) is 1. The highest BCUT2D eigenvalue weighted by Crippen LogP contribution is 2.25. The molecule has 0 spiro atoms. The van der Waals surface area contributed by atoms with Gasteiger partial charge in [0.15, 0.2) is 0 Å². The summed E-state index contributed by atoms with van der Waals surface area (Å²) in [7, 11) is 0. The van der Waals surface area contributed by atoms with E-state index in [4.69, 9.17) is 4.42 Å². The Morgan fingerprint density at radius 1 is 0.913 bits per heavy atom. The summed E-state index contributed by atoms with van der Waals surface area (Å²) in [4.78, 5) is 28.3. The van der Waals surface area contributed by atoms with Gasteiger partial charge in [-0.2, -0.15) is 0 Å². The van der Waals surface area contributed by atoms with E-state index >= 15 is 0 Å². The summed E-state index contributed by atoms with van der Waals surface area (Å²) in [5, 5.41) is 1.74. The van der Waals surface area contributed by atoms with Crippen LogP contribution in [0.1, 0.15) is 0 Å². The van der Waals surface area contributed by atoms with E-state index < -0.39 is 5.63 Å². The van der Waals surface area contributed by atoms with Crippen LogP contribution in [0.5, 0.6) is 0 Å². The first-order valence-electron chi connectivity index (χ1n) is 7.22. The lowest BCUT2D eigenvalue weighted by Crippen LogP contribution is -2.14. The molecular weight excluding hydrogens is 292 g/mol. The number of pyridine rings is 1. The van der Waals surface area contributed by atoms with Crippen LogP contribution < -0.4 is 11.2 Å². The fraction of sp³-hybridized carbons (Fsp3) is 0. The standard InChI is InChI=1S/C18H10N2O3/c21-15-9-11-10-5-1-4-8-14(10)23-18(22)16(11)17-19-12-6-2-3-7-13(12)20(15)17/h1-9,19H. The number of H-pyrrole nitrogens is 1. The summed E-state index contributed by atoms with van der Waals surface area (Å²) < 4.78 is 6.95. The van der Waals surface area contributed by atoms with Crippen molar-refractivity contribution in [3.05, 3.63) is 75.4 Å². The van der Waals surface area contributed by atoms with Crippen molar-refractivity contribution in [3.63, 3.8) is 0 Å². The van der Waals surface area contributed by atoms with Crippen LogP contribution in [0, 0.1) is 0 Å². The molecule has 0 atom stereocenters. The van der Waals surface area contributed by atoms with E-state index in [2.05, 4.69) is 4.98 Å². The summed E-state index contributed by atoms with van der Waals surface area (Å²) in [5.74, 6) is 0. The van der Waals surface area contributed by atoms with Gasteiger partial charge in [-0.25, -0.2) is 4.79 Å². The van der Waals surface area contributed by atoms with E-state index in [0.717, 1.165) is 16.4 Å². The highest BCUT2D eigenvalue weighted by molar-refractivity contribution is 6.09. The molecule has 0 unspecified atom stereocenters. The topological polar surface area (TPSA) is 67.5 Å². The molecule has 0 fully saturated rings. The van der Waals surface area contributed by atoms with Crippen molar-refractivity contribution >= 4 is 38.4 Å². The van der Waals surface area contributed by atoms with Crippen molar-refractivity contribution in [1.29, 1.82) is 0 Å². The number of hydrogen-bond donors (Lipinski definition) is 1. The minimum Gasteiger partial charge on any atom is -0.422 e. The molecule has 5 aromatic rings. The maximum absolute atomic E-state index is 12.6. The molecule has 0 saturated carbocycles. The molecule has 0 radical (unpaired) electrons. The van der Waals surface area contributed by atoms with Crippen molar-refractivity contribution in [2.75, 3.05) is 0 Å². The van der Waals surface area contributed by atoms with Crippen LogP contribution in [0.25, 0.3) is 38.4 Å². The van der Waals surface area contributed by atoms with Crippen molar-refractivity contribution in [1.82, 2.24) is 9.38 Å². The molecule has 1 N–H and O–H groups in total. The molecule has 0 bridgehead atoms. The van der Waals surface area contributed by atoms with Gasteiger partial charge >= 0.3 is 5.63 Å². The number of imidazole rings is 1. The van der Waals surface area contributed by atoms with E-state index in [1.54, 1.807) is 12.1 Å². The molecule has 5 rings (SSSR count). The molecule has 5 heteroatoms. The lowest BCUT2D eigenvalue weighted by Gasteiger charge is -2.03. The van der Waals surface area contributed by atoms with Gasteiger partial charge in [-0.15, -0.1) is 0 Å². The minimum atomic E-state index is -0.456. The van der Waals surface area contributed by atoms with Crippen LogP contribution in [-0.2, 0) is 0 Å². The summed E-state index contributed by atoms with van der Waals surface area (Å²) in [5.41, 5.74) is 1.84. The first-order chi connectivity index (χ1) is 11.2. The normalized spacial score (nSPS) is 11.8. The van der Waals surface area contributed by atoms with Crippen LogP contribution in [-0.4, -0.2) is 9.38 Å². The van der Waals surface area contributed by atoms with Crippen molar-refractivity contribution in [2.45, 2.75) is 0 Å². The summed E-state index contributed by atoms with van der Waals surface area (Å²) >= 11 is 0. The number of rotatable bonds is 0. The Balaban J connectivity index is 2.20. The first kappa shape index (κ1) is 12.2. The zero-order valence-corrected chi connectivity index (χ0v) is 11.9. The van der Waals surface area contributed by atoms with Gasteiger partial charge in [-0.3, -0.25) is 9.20 Å². The van der Waals surface area contributed by atoms with E-state index in [1.165, 1.54) is 10.5 Å². The molecule has 3 aromatic heterocycles. The largest absolute Gasteiger partial charge is 0.422 e. The molecular formula is C18H10N2O3. The average Bonchev–Trinajstić information content (AvgIpc) is 2.94. The summed E-state index contributed by atoms with van der Waals surface area (Å²) in [6.07, 6.45) is 0. The highest BCUT2D eigenvalue weighted by atomic mass is 16.4. The SMILES string of the molecule is O=c1oc2ccccc2c2cc(=O)n3c4ccccc4[nH]c3c12. The van der Waals surface area contributed by atoms with E-state index in [0.29, 0.717) is 22.0 Å². The fourth-order valence-electron chi connectivity index (χ4n) is 3.22. The third kappa shape index (κ3) is 1.51. The lowest BCUT2D eigenvalue weighted by atomic mass is 10.1. The van der Waals surface area contributed by atoms with Gasteiger partial charge in [0.05, 0.1) is 11.0 Å². The van der Waals surface area contributed by atoms with Crippen molar-refractivity contribution in [2.24, 2.45) is 0 Å². The molecule has 0 amide bonds. The predicted octanol–water partition coefficient (Wildman–Crippen LogP) is 3.04. The second kappa shape index (κ2) is 4.10. The van der Waals surface area contributed by atoms with Crippen molar-refractivity contribution in [3.8, 4) is 0 Å². The molecule has 0 aliphatic carbocycles. The average molecular weight is 302 g/mol. The Labute approximate surface area is 128 Å². The van der Waals surface area contributed by atoms with E-state index in [9.17, 15) is 9.59 Å². The van der Waals surface area contributed by atoms with Crippen LogP contribution in [0.2, 0.25) is 0 Å². The molecule has 0 saturated heterocycles. The second-order valence-electron chi connectivity index (χ2n) is 5.48. The summed E-state index contributed by atoms with van der Waals surface area (Å²) in [6, 6.07) is 16.2. The lowest BCUT2D eigenvalue weighted by molar-refractivity contribution is 0.570. The number of nitrogens with zero attached hydrogens (tertiary/aromatic N) is 1. The molecule has 0 aliphatic rings. The Morgan fingerprint density at radius 2 is 1.70 bits per heavy atom. The number of benzene rings is 2. The van der Waals surface area contributed by atoms with E-state index in [-0.39, 0.29) is 5.56 Å². The van der Waals surface area contributed by atoms with E-state index in [1.807, 2.05) is 36.4 Å². The molecule has 0 aliphatic heterocycles. The molecule has 23 heavy (non-hydrogen) atoms. The smallest absolute Gasteiger partial charge is 0.347 e. The predicted molar refractivity (Wildman–Crippen MR) is 89.1 cm³/mol. The molecule has 3 heterocycles. The number of fused-ring (bicyclic) bond motifs is 7. The van der Waals surface area contributed by atoms with Gasteiger partial charge in [0.1, 0.15) is 16.6 Å². The Kier molecular flexibility index (Phi) is 2.18. The monoisotopic (exact) mass is 302 g/mol. The van der Waals surface area contributed by atoms with Gasteiger partial charge < -0.3 is 9.40 Å². The highest BCUT2D eigenvalue weighted by Gasteiger charge is 2.15. The van der Waals surface area contributed by atoms with Gasteiger partial charge in [-0.05, 0) is 18.2 Å². The Hall–Kier alpha value is -3.34. The number of aromatic amines is 1. The van der Waals surface area contributed by atoms with Crippen LogP contribution in [0.3, 0.4) is 0 Å². The third-order valence-corrected chi connectivity index (χ3v) is 4.20. The van der Waals surface area contributed by atoms with Gasteiger partial charge in [0.2, 0.25) is 0 Å². The van der Waals surface area contributed by atoms with Crippen LogP contribution in [0.4, 0.5) is 0 Å². The van der Waals surface area contributed by atoms with Crippen LogP contribution in [0.15, 0.2) is 68.6 Å². The zero-order valence-electron chi connectivity index (χ0n) is 11.9. The van der Waals surface area contributed by atoms with Crippen LogP contribution >= 0.6 is 0 Å². The Morgan fingerprint density at radius 3 is 2.61 bits per heavy atom. The number of hydrogen-bond acceptors (Lipinski definition) is 3. The second-order valence-corrected chi connectivity index (χ2v) is 5.48. The fourth-order valence-corrected chi connectivity index (χ4v) is 3.22. The quantitative estimate of drug-likeness (QED) is 0.353. The Bertz CT molecular complexity index is 1360. The molecule has 110 valence electrons. The zero-order chi connectivity index (χ0) is 15.6. The van der Waals surface area contributed by atoms with Gasteiger partial charge in [-0.1, -0.05) is 30.3 Å². The molecule has 2 aromatic carbocycles. The number of para-hydroxylation sites is 3. The molecule has 5 nitrogen and oxygen atoms in total.